The predicted molar refractivity (Wildman–Crippen MR) is 65.4 cm³/mol. The SMILES string of the molecule is COC(=O)c1cc(-c2cccnc2)cnc1OC. The molecular weight excluding hydrogens is 232 g/mol. The van der Waals surface area contributed by atoms with Gasteiger partial charge >= 0.3 is 5.97 Å². The molecule has 2 heterocycles. The van der Waals surface area contributed by atoms with Crippen molar-refractivity contribution in [3.63, 3.8) is 0 Å². The van der Waals surface area contributed by atoms with Crippen LogP contribution in [0.25, 0.3) is 11.1 Å². The van der Waals surface area contributed by atoms with E-state index in [1.54, 1.807) is 24.7 Å². The Morgan fingerprint density at radius 2 is 2.06 bits per heavy atom. The van der Waals surface area contributed by atoms with Crippen LogP contribution >= 0.6 is 0 Å². The third-order valence-electron chi connectivity index (χ3n) is 2.44. The molecule has 0 aromatic carbocycles. The van der Waals surface area contributed by atoms with Gasteiger partial charge in [-0.25, -0.2) is 9.78 Å². The number of esters is 1. The number of aromatic nitrogens is 2. The molecule has 0 radical (unpaired) electrons. The van der Waals surface area contributed by atoms with Crippen molar-refractivity contribution in [1.29, 1.82) is 0 Å². The van der Waals surface area contributed by atoms with Crippen LogP contribution in [0.1, 0.15) is 10.4 Å². The van der Waals surface area contributed by atoms with Crippen LogP contribution in [0.5, 0.6) is 5.88 Å². The van der Waals surface area contributed by atoms with Crippen LogP contribution in [-0.2, 0) is 4.74 Å². The fourth-order valence-corrected chi connectivity index (χ4v) is 1.56. The number of pyridine rings is 2. The number of hydrogen-bond donors (Lipinski definition) is 0. The molecule has 0 amide bonds. The maximum Gasteiger partial charge on any atom is 0.343 e. The second-order valence-electron chi connectivity index (χ2n) is 3.51. The molecule has 0 spiro atoms. The summed E-state index contributed by atoms with van der Waals surface area (Å²) in [4.78, 5) is 19.7. The van der Waals surface area contributed by atoms with E-state index in [1.807, 2.05) is 12.1 Å². The molecule has 0 aliphatic carbocycles. The van der Waals surface area contributed by atoms with Crippen LogP contribution in [-0.4, -0.2) is 30.2 Å². The number of carbonyl (C=O) groups excluding carboxylic acids is 1. The van der Waals surface area contributed by atoms with Gasteiger partial charge in [-0.2, -0.15) is 0 Å². The summed E-state index contributed by atoms with van der Waals surface area (Å²) >= 11 is 0. The molecule has 2 rings (SSSR count). The smallest absolute Gasteiger partial charge is 0.343 e. The van der Waals surface area contributed by atoms with E-state index in [0.717, 1.165) is 11.1 Å². The molecule has 5 nitrogen and oxygen atoms in total. The number of ether oxygens (including phenoxy) is 2. The van der Waals surface area contributed by atoms with Crippen molar-refractivity contribution < 1.29 is 14.3 Å². The van der Waals surface area contributed by atoms with E-state index in [-0.39, 0.29) is 5.88 Å². The Balaban J connectivity index is 2.49. The van der Waals surface area contributed by atoms with Crippen molar-refractivity contribution in [2.75, 3.05) is 14.2 Å². The van der Waals surface area contributed by atoms with Crippen LogP contribution in [0.15, 0.2) is 36.8 Å². The summed E-state index contributed by atoms with van der Waals surface area (Å²) in [7, 11) is 2.77. The maximum absolute atomic E-state index is 11.6. The topological polar surface area (TPSA) is 61.3 Å². The highest BCUT2D eigenvalue weighted by atomic mass is 16.5. The summed E-state index contributed by atoms with van der Waals surface area (Å²) in [5, 5.41) is 0. The van der Waals surface area contributed by atoms with Gasteiger partial charge in [0.25, 0.3) is 0 Å². The van der Waals surface area contributed by atoms with Gasteiger partial charge in [-0.15, -0.1) is 0 Å². The Kier molecular flexibility index (Phi) is 3.52. The first-order valence-corrected chi connectivity index (χ1v) is 5.29. The lowest BCUT2D eigenvalue weighted by molar-refractivity contribution is 0.0596. The zero-order valence-electron chi connectivity index (χ0n) is 10.1. The Labute approximate surface area is 104 Å². The van der Waals surface area contributed by atoms with Crippen molar-refractivity contribution in [2.24, 2.45) is 0 Å². The highest BCUT2D eigenvalue weighted by Gasteiger charge is 2.15. The van der Waals surface area contributed by atoms with E-state index in [9.17, 15) is 4.79 Å². The van der Waals surface area contributed by atoms with Crippen molar-refractivity contribution in [1.82, 2.24) is 9.97 Å². The van der Waals surface area contributed by atoms with E-state index < -0.39 is 5.97 Å². The zero-order valence-corrected chi connectivity index (χ0v) is 10.1. The van der Waals surface area contributed by atoms with Crippen LogP contribution in [0.2, 0.25) is 0 Å². The molecule has 0 aliphatic rings. The standard InChI is InChI=1S/C13H12N2O3/c1-17-12-11(13(16)18-2)6-10(8-15-12)9-4-3-5-14-7-9/h3-8H,1-2H3. The van der Waals surface area contributed by atoms with Gasteiger partial charge in [-0.1, -0.05) is 6.07 Å². The summed E-state index contributed by atoms with van der Waals surface area (Å²) in [5.74, 6) is -0.236. The Bertz CT molecular complexity index is 555. The van der Waals surface area contributed by atoms with Gasteiger partial charge in [0, 0.05) is 29.7 Å². The number of rotatable bonds is 3. The van der Waals surface area contributed by atoms with Gasteiger partial charge in [0.1, 0.15) is 5.56 Å². The van der Waals surface area contributed by atoms with Gasteiger partial charge < -0.3 is 9.47 Å². The van der Waals surface area contributed by atoms with Gasteiger partial charge in [0.05, 0.1) is 14.2 Å². The molecule has 0 N–H and O–H groups in total. The third-order valence-corrected chi connectivity index (χ3v) is 2.44. The van der Waals surface area contributed by atoms with E-state index in [0.29, 0.717) is 5.56 Å². The van der Waals surface area contributed by atoms with Crippen LogP contribution in [0, 0.1) is 0 Å². The summed E-state index contributed by atoms with van der Waals surface area (Å²) < 4.78 is 9.73. The van der Waals surface area contributed by atoms with Gasteiger partial charge in [0.2, 0.25) is 5.88 Å². The lowest BCUT2D eigenvalue weighted by atomic mass is 10.1. The van der Waals surface area contributed by atoms with E-state index in [4.69, 9.17) is 9.47 Å². The Morgan fingerprint density at radius 3 is 2.67 bits per heavy atom. The Morgan fingerprint density at radius 1 is 1.22 bits per heavy atom. The summed E-state index contributed by atoms with van der Waals surface area (Å²) in [6.07, 6.45) is 5.01. The molecule has 0 unspecified atom stereocenters. The summed E-state index contributed by atoms with van der Waals surface area (Å²) in [5.41, 5.74) is 1.95. The van der Waals surface area contributed by atoms with Crippen LogP contribution in [0.4, 0.5) is 0 Å². The molecule has 0 fully saturated rings. The number of nitrogens with zero attached hydrogens (tertiary/aromatic N) is 2. The molecule has 2 aromatic rings. The molecule has 5 heteroatoms. The highest BCUT2D eigenvalue weighted by Crippen LogP contribution is 2.24. The van der Waals surface area contributed by atoms with Crippen molar-refractivity contribution >= 4 is 5.97 Å². The first-order chi connectivity index (χ1) is 8.76. The molecule has 0 aliphatic heterocycles. The van der Waals surface area contributed by atoms with E-state index >= 15 is 0 Å². The zero-order chi connectivity index (χ0) is 13.0. The van der Waals surface area contributed by atoms with Crippen molar-refractivity contribution in [3.05, 3.63) is 42.4 Å². The minimum atomic E-state index is -0.481. The molecule has 0 saturated carbocycles. The molecule has 2 aromatic heterocycles. The molecule has 0 saturated heterocycles. The molecule has 0 atom stereocenters. The normalized spacial score (nSPS) is 9.89. The minimum absolute atomic E-state index is 0.245. The van der Waals surface area contributed by atoms with Gasteiger partial charge in [-0.3, -0.25) is 4.98 Å². The Hall–Kier alpha value is -2.43. The van der Waals surface area contributed by atoms with Gasteiger partial charge in [-0.05, 0) is 12.1 Å². The molecule has 92 valence electrons. The van der Waals surface area contributed by atoms with E-state index in [1.165, 1.54) is 14.2 Å². The summed E-state index contributed by atoms with van der Waals surface area (Å²) in [6.45, 7) is 0. The molecule has 0 bridgehead atoms. The fraction of sp³-hybridized carbons (Fsp3) is 0.154. The second-order valence-corrected chi connectivity index (χ2v) is 3.51. The lowest BCUT2D eigenvalue weighted by Crippen LogP contribution is -2.05. The average Bonchev–Trinajstić information content (AvgIpc) is 2.46. The average molecular weight is 244 g/mol. The minimum Gasteiger partial charge on any atom is -0.480 e. The van der Waals surface area contributed by atoms with Crippen LogP contribution in [0.3, 0.4) is 0 Å². The highest BCUT2D eigenvalue weighted by molar-refractivity contribution is 5.93. The van der Waals surface area contributed by atoms with E-state index in [2.05, 4.69) is 9.97 Å². The predicted octanol–water partition coefficient (Wildman–Crippen LogP) is 1.94. The van der Waals surface area contributed by atoms with Gasteiger partial charge in [0.15, 0.2) is 0 Å². The molecular formula is C13H12N2O3. The first-order valence-electron chi connectivity index (χ1n) is 5.29. The van der Waals surface area contributed by atoms with Crippen LogP contribution < -0.4 is 4.74 Å². The quantitative estimate of drug-likeness (QED) is 0.772. The first kappa shape index (κ1) is 12.0. The van der Waals surface area contributed by atoms with Crippen molar-refractivity contribution in [2.45, 2.75) is 0 Å². The number of hydrogen-bond acceptors (Lipinski definition) is 5. The van der Waals surface area contributed by atoms with Crippen molar-refractivity contribution in [3.8, 4) is 17.0 Å². The maximum atomic E-state index is 11.6. The lowest BCUT2D eigenvalue weighted by Gasteiger charge is -2.07. The summed E-state index contributed by atoms with van der Waals surface area (Å²) in [6, 6.07) is 5.38. The number of carbonyl (C=O) groups is 1. The largest absolute Gasteiger partial charge is 0.480 e. The second kappa shape index (κ2) is 5.27. The third kappa shape index (κ3) is 2.29. The monoisotopic (exact) mass is 244 g/mol. The fourth-order valence-electron chi connectivity index (χ4n) is 1.56. The molecule has 18 heavy (non-hydrogen) atoms. The number of methoxy groups -OCH3 is 2.